The molecular formula is C22H27N3O4S. The van der Waals surface area contributed by atoms with E-state index >= 15 is 0 Å². The number of hydrogen-bond donors (Lipinski definition) is 1. The molecule has 0 fully saturated rings. The SMILES string of the molecule is CCOc1ccc(S(=O)(=O)NCc2c(C)nn(-c3ccccc3)c2C)cc1OCC. The summed E-state index contributed by atoms with van der Waals surface area (Å²) < 4.78 is 41.4. The number of aryl methyl sites for hydroxylation is 1. The molecule has 0 aliphatic carbocycles. The van der Waals surface area contributed by atoms with Gasteiger partial charge in [-0.25, -0.2) is 17.8 Å². The first-order valence-electron chi connectivity index (χ1n) is 9.87. The first kappa shape index (κ1) is 21.9. The number of sulfonamides is 1. The van der Waals surface area contributed by atoms with Crippen LogP contribution in [0.2, 0.25) is 0 Å². The van der Waals surface area contributed by atoms with Crippen LogP contribution in [-0.2, 0) is 16.6 Å². The molecule has 0 bridgehead atoms. The smallest absolute Gasteiger partial charge is 0.241 e. The van der Waals surface area contributed by atoms with Crippen LogP contribution in [0.5, 0.6) is 11.5 Å². The zero-order valence-electron chi connectivity index (χ0n) is 17.7. The molecule has 0 aliphatic rings. The molecule has 30 heavy (non-hydrogen) atoms. The monoisotopic (exact) mass is 429 g/mol. The van der Waals surface area contributed by atoms with Crippen LogP contribution in [0.25, 0.3) is 5.69 Å². The lowest BCUT2D eigenvalue weighted by Crippen LogP contribution is -2.24. The van der Waals surface area contributed by atoms with Gasteiger partial charge in [-0.15, -0.1) is 0 Å². The Kier molecular flexibility index (Phi) is 6.79. The van der Waals surface area contributed by atoms with Gasteiger partial charge >= 0.3 is 0 Å². The average molecular weight is 430 g/mol. The molecule has 1 aromatic heterocycles. The number of nitrogens with one attached hydrogen (secondary N) is 1. The maximum atomic E-state index is 12.9. The molecule has 8 heteroatoms. The molecule has 1 N–H and O–H groups in total. The minimum Gasteiger partial charge on any atom is -0.490 e. The van der Waals surface area contributed by atoms with Crippen LogP contribution in [-0.4, -0.2) is 31.4 Å². The fraction of sp³-hybridized carbons (Fsp3) is 0.318. The van der Waals surface area contributed by atoms with Gasteiger partial charge < -0.3 is 9.47 Å². The molecule has 0 unspecified atom stereocenters. The quantitative estimate of drug-likeness (QED) is 0.560. The van der Waals surface area contributed by atoms with Crippen molar-refractivity contribution in [3.05, 3.63) is 65.5 Å². The molecule has 2 aromatic carbocycles. The van der Waals surface area contributed by atoms with Crippen LogP contribution in [0, 0.1) is 13.8 Å². The van der Waals surface area contributed by atoms with Crippen LogP contribution < -0.4 is 14.2 Å². The van der Waals surface area contributed by atoms with E-state index in [2.05, 4.69) is 9.82 Å². The van der Waals surface area contributed by atoms with E-state index in [0.29, 0.717) is 24.7 Å². The van der Waals surface area contributed by atoms with Crippen molar-refractivity contribution in [3.63, 3.8) is 0 Å². The maximum absolute atomic E-state index is 12.9. The third-order valence-corrected chi connectivity index (χ3v) is 6.10. The van der Waals surface area contributed by atoms with Gasteiger partial charge in [-0.3, -0.25) is 0 Å². The van der Waals surface area contributed by atoms with Gasteiger partial charge in [0.2, 0.25) is 10.0 Å². The van der Waals surface area contributed by atoms with Gasteiger partial charge in [-0.2, -0.15) is 5.10 Å². The summed E-state index contributed by atoms with van der Waals surface area (Å²) >= 11 is 0. The van der Waals surface area contributed by atoms with E-state index in [1.807, 2.05) is 62.7 Å². The summed E-state index contributed by atoms with van der Waals surface area (Å²) in [5, 5.41) is 4.57. The minimum atomic E-state index is -3.74. The summed E-state index contributed by atoms with van der Waals surface area (Å²) in [6.45, 7) is 8.53. The van der Waals surface area contributed by atoms with Gasteiger partial charge in [-0.05, 0) is 52.0 Å². The number of benzene rings is 2. The molecule has 3 rings (SSSR count). The molecule has 0 spiro atoms. The molecule has 1 heterocycles. The highest BCUT2D eigenvalue weighted by molar-refractivity contribution is 7.89. The number of nitrogens with zero attached hydrogens (tertiary/aromatic N) is 2. The molecule has 160 valence electrons. The summed E-state index contributed by atoms with van der Waals surface area (Å²) in [7, 11) is -3.74. The predicted molar refractivity (Wildman–Crippen MR) is 116 cm³/mol. The van der Waals surface area contributed by atoms with Crippen molar-refractivity contribution in [2.24, 2.45) is 0 Å². The van der Waals surface area contributed by atoms with Crippen molar-refractivity contribution in [2.75, 3.05) is 13.2 Å². The first-order chi connectivity index (χ1) is 14.4. The largest absolute Gasteiger partial charge is 0.490 e. The zero-order chi connectivity index (χ0) is 21.7. The van der Waals surface area contributed by atoms with E-state index in [0.717, 1.165) is 22.6 Å². The van der Waals surface area contributed by atoms with Crippen LogP contribution in [0.3, 0.4) is 0 Å². The van der Waals surface area contributed by atoms with Crippen LogP contribution in [0.4, 0.5) is 0 Å². The average Bonchev–Trinajstić information content (AvgIpc) is 3.02. The lowest BCUT2D eigenvalue weighted by molar-refractivity contribution is 0.287. The molecule has 0 saturated heterocycles. The van der Waals surface area contributed by atoms with Crippen LogP contribution >= 0.6 is 0 Å². The second-order valence-electron chi connectivity index (χ2n) is 6.70. The molecule has 0 aliphatic heterocycles. The maximum Gasteiger partial charge on any atom is 0.241 e. The highest BCUT2D eigenvalue weighted by Gasteiger charge is 2.20. The van der Waals surface area contributed by atoms with E-state index in [1.165, 1.54) is 12.1 Å². The van der Waals surface area contributed by atoms with Crippen molar-refractivity contribution in [1.82, 2.24) is 14.5 Å². The van der Waals surface area contributed by atoms with Gasteiger partial charge in [0, 0.05) is 23.9 Å². The van der Waals surface area contributed by atoms with Crippen molar-refractivity contribution >= 4 is 10.0 Å². The van der Waals surface area contributed by atoms with Crippen LogP contribution in [0.1, 0.15) is 30.8 Å². The van der Waals surface area contributed by atoms with Gasteiger partial charge in [0.1, 0.15) is 0 Å². The second-order valence-corrected chi connectivity index (χ2v) is 8.46. The Morgan fingerprint density at radius 2 is 1.63 bits per heavy atom. The third kappa shape index (κ3) is 4.66. The van der Waals surface area contributed by atoms with Gasteiger partial charge in [-0.1, -0.05) is 18.2 Å². The highest BCUT2D eigenvalue weighted by atomic mass is 32.2. The molecule has 0 saturated carbocycles. The molecule has 0 atom stereocenters. The van der Waals surface area contributed by atoms with E-state index < -0.39 is 10.0 Å². The predicted octanol–water partition coefficient (Wildman–Crippen LogP) is 3.77. The van der Waals surface area contributed by atoms with Gasteiger partial charge in [0.15, 0.2) is 11.5 Å². The third-order valence-electron chi connectivity index (χ3n) is 4.71. The van der Waals surface area contributed by atoms with Crippen molar-refractivity contribution in [3.8, 4) is 17.2 Å². The Balaban J connectivity index is 1.84. The summed E-state index contributed by atoms with van der Waals surface area (Å²) in [6, 6.07) is 14.4. The Labute approximate surface area is 177 Å². The van der Waals surface area contributed by atoms with E-state index in [-0.39, 0.29) is 11.4 Å². The highest BCUT2D eigenvalue weighted by Crippen LogP contribution is 2.30. The molecular weight excluding hydrogens is 402 g/mol. The van der Waals surface area contributed by atoms with Crippen LogP contribution in [0.15, 0.2) is 53.4 Å². The number of hydrogen-bond acceptors (Lipinski definition) is 5. The van der Waals surface area contributed by atoms with E-state index in [4.69, 9.17) is 9.47 Å². The Morgan fingerprint density at radius 1 is 0.967 bits per heavy atom. The summed E-state index contributed by atoms with van der Waals surface area (Å²) in [5.41, 5.74) is 3.45. The number of para-hydroxylation sites is 1. The minimum absolute atomic E-state index is 0.125. The zero-order valence-corrected chi connectivity index (χ0v) is 18.5. The van der Waals surface area contributed by atoms with E-state index in [1.54, 1.807) is 6.07 Å². The summed E-state index contributed by atoms with van der Waals surface area (Å²) in [4.78, 5) is 0.125. The van der Waals surface area contributed by atoms with Crippen molar-refractivity contribution < 1.29 is 17.9 Å². The normalized spacial score (nSPS) is 11.5. The Bertz CT molecular complexity index is 1110. The molecule has 3 aromatic rings. The first-order valence-corrected chi connectivity index (χ1v) is 11.4. The molecule has 0 radical (unpaired) electrons. The van der Waals surface area contributed by atoms with Crippen molar-refractivity contribution in [1.29, 1.82) is 0 Å². The summed E-state index contributed by atoms with van der Waals surface area (Å²) in [5.74, 6) is 0.931. The number of rotatable bonds is 9. The Morgan fingerprint density at radius 3 is 2.30 bits per heavy atom. The summed E-state index contributed by atoms with van der Waals surface area (Å²) in [6.07, 6.45) is 0. The fourth-order valence-corrected chi connectivity index (χ4v) is 4.21. The number of ether oxygens (including phenoxy) is 2. The lowest BCUT2D eigenvalue weighted by Gasteiger charge is -2.13. The van der Waals surface area contributed by atoms with Gasteiger partial charge in [0.05, 0.1) is 29.5 Å². The molecule has 0 amide bonds. The topological polar surface area (TPSA) is 82.5 Å². The van der Waals surface area contributed by atoms with Gasteiger partial charge in [0.25, 0.3) is 0 Å². The number of aromatic nitrogens is 2. The Hall–Kier alpha value is -2.84. The van der Waals surface area contributed by atoms with Crippen molar-refractivity contribution in [2.45, 2.75) is 39.1 Å². The standard InChI is InChI=1S/C22H27N3O4S/c1-5-28-21-13-12-19(14-22(21)29-6-2)30(26,27)23-15-20-16(3)24-25(17(20)4)18-10-8-7-9-11-18/h7-14,23H,5-6,15H2,1-4H3. The second kappa shape index (κ2) is 9.32. The lowest BCUT2D eigenvalue weighted by atomic mass is 10.2. The fourth-order valence-electron chi connectivity index (χ4n) is 3.20. The van der Waals surface area contributed by atoms with E-state index in [9.17, 15) is 8.42 Å². The molecule has 7 nitrogen and oxygen atoms in total.